The SMILES string of the molecule is CCN1CCCN(C(=O)C=Cc2cccc(OCc3csc(C)n3)c2)CC1. The second-order valence-corrected chi connectivity index (χ2v) is 7.73. The lowest BCUT2D eigenvalue weighted by molar-refractivity contribution is -0.125. The second kappa shape index (κ2) is 9.67. The van der Waals surface area contributed by atoms with Gasteiger partial charge in [0.15, 0.2) is 0 Å². The summed E-state index contributed by atoms with van der Waals surface area (Å²) in [6.45, 7) is 9.31. The predicted molar refractivity (Wildman–Crippen MR) is 110 cm³/mol. The lowest BCUT2D eigenvalue weighted by Gasteiger charge is -2.19. The summed E-state index contributed by atoms with van der Waals surface area (Å²) in [4.78, 5) is 21.2. The molecule has 2 heterocycles. The molecular formula is C21H27N3O2S. The summed E-state index contributed by atoms with van der Waals surface area (Å²) in [6, 6.07) is 7.79. The number of hydrogen-bond donors (Lipinski definition) is 0. The van der Waals surface area contributed by atoms with E-state index in [1.165, 1.54) is 0 Å². The molecule has 27 heavy (non-hydrogen) atoms. The molecule has 0 aliphatic carbocycles. The molecule has 144 valence electrons. The van der Waals surface area contributed by atoms with Crippen molar-refractivity contribution < 1.29 is 9.53 Å². The molecule has 5 nitrogen and oxygen atoms in total. The Morgan fingerprint density at radius 2 is 2.19 bits per heavy atom. The average molecular weight is 386 g/mol. The minimum atomic E-state index is 0.0808. The Labute approximate surface area is 165 Å². The zero-order valence-corrected chi connectivity index (χ0v) is 16.9. The molecule has 0 N–H and O–H groups in total. The van der Waals surface area contributed by atoms with Gasteiger partial charge in [0.1, 0.15) is 12.4 Å². The summed E-state index contributed by atoms with van der Waals surface area (Å²) in [5.74, 6) is 0.862. The summed E-state index contributed by atoms with van der Waals surface area (Å²) >= 11 is 1.62. The van der Waals surface area contributed by atoms with E-state index in [0.717, 1.165) is 61.2 Å². The number of aryl methyl sites for hydroxylation is 1. The molecule has 0 saturated carbocycles. The van der Waals surface area contributed by atoms with Crippen LogP contribution in [0.25, 0.3) is 6.08 Å². The van der Waals surface area contributed by atoms with E-state index in [4.69, 9.17) is 4.74 Å². The zero-order chi connectivity index (χ0) is 19.1. The van der Waals surface area contributed by atoms with Crippen LogP contribution in [-0.4, -0.2) is 53.4 Å². The Balaban J connectivity index is 1.55. The first-order valence-corrected chi connectivity index (χ1v) is 10.3. The van der Waals surface area contributed by atoms with Crippen LogP contribution in [0.3, 0.4) is 0 Å². The Bertz CT molecular complexity index is 787. The van der Waals surface area contributed by atoms with Gasteiger partial charge in [-0.1, -0.05) is 19.1 Å². The third kappa shape index (κ3) is 5.91. The van der Waals surface area contributed by atoms with Crippen LogP contribution in [0.5, 0.6) is 5.75 Å². The van der Waals surface area contributed by atoms with E-state index >= 15 is 0 Å². The number of nitrogens with zero attached hydrogens (tertiary/aromatic N) is 3. The number of thiazole rings is 1. The molecule has 1 aliphatic heterocycles. The Morgan fingerprint density at radius 3 is 2.96 bits per heavy atom. The minimum absolute atomic E-state index is 0.0808. The lowest BCUT2D eigenvalue weighted by atomic mass is 10.2. The summed E-state index contributed by atoms with van der Waals surface area (Å²) < 4.78 is 5.82. The molecule has 1 aromatic carbocycles. The van der Waals surface area contributed by atoms with Crippen molar-refractivity contribution in [2.24, 2.45) is 0 Å². The minimum Gasteiger partial charge on any atom is -0.487 e. The van der Waals surface area contributed by atoms with E-state index < -0.39 is 0 Å². The van der Waals surface area contributed by atoms with Gasteiger partial charge < -0.3 is 14.5 Å². The van der Waals surface area contributed by atoms with Gasteiger partial charge in [0.25, 0.3) is 0 Å². The van der Waals surface area contributed by atoms with Crippen molar-refractivity contribution >= 4 is 23.3 Å². The number of rotatable bonds is 6. The lowest BCUT2D eigenvalue weighted by Crippen LogP contribution is -2.34. The standard InChI is InChI=1S/C21H27N3O2S/c1-3-23-10-5-11-24(13-12-23)21(25)9-8-18-6-4-7-20(14-18)26-15-19-16-27-17(2)22-19/h4,6-9,14,16H,3,5,10-13,15H2,1-2H3. The molecule has 6 heteroatoms. The van der Waals surface area contributed by atoms with Crippen LogP contribution < -0.4 is 4.74 Å². The monoisotopic (exact) mass is 385 g/mol. The number of carbonyl (C=O) groups excluding carboxylic acids is 1. The molecule has 0 radical (unpaired) electrons. The van der Waals surface area contributed by atoms with Crippen LogP contribution in [0.2, 0.25) is 0 Å². The Hall–Kier alpha value is -2.18. The Kier molecular flexibility index (Phi) is 7.01. The maximum absolute atomic E-state index is 12.5. The van der Waals surface area contributed by atoms with Gasteiger partial charge in [0, 0.05) is 31.1 Å². The van der Waals surface area contributed by atoms with Crippen LogP contribution >= 0.6 is 11.3 Å². The van der Waals surface area contributed by atoms with Crippen molar-refractivity contribution in [3.63, 3.8) is 0 Å². The zero-order valence-electron chi connectivity index (χ0n) is 16.1. The first-order valence-electron chi connectivity index (χ1n) is 9.47. The highest BCUT2D eigenvalue weighted by Crippen LogP contribution is 2.17. The number of aromatic nitrogens is 1. The molecule has 1 saturated heterocycles. The molecule has 0 atom stereocenters. The number of carbonyl (C=O) groups is 1. The molecule has 1 fully saturated rings. The smallest absolute Gasteiger partial charge is 0.246 e. The maximum Gasteiger partial charge on any atom is 0.246 e. The summed E-state index contributed by atoms with van der Waals surface area (Å²) in [7, 11) is 0. The van der Waals surface area contributed by atoms with Crippen molar-refractivity contribution in [1.29, 1.82) is 0 Å². The van der Waals surface area contributed by atoms with Crippen LogP contribution in [0, 0.1) is 6.92 Å². The maximum atomic E-state index is 12.5. The molecule has 0 unspecified atom stereocenters. The normalized spacial score (nSPS) is 15.9. The number of likely N-dealkylation sites (N-methyl/N-ethyl adjacent to an activating group) is 1. The summed E-state index contributed by atoms with van der Waals surface area (Å²) in [5, 5.41) is 3.05. The van der Waals surface area contributed by atoms with Crippen LogP contribution in [-0.2, 0) is 11.4 Å². The van der Waals surface area contributed by atoms with Crippen LogP contribution in [0.4, 0.5) is 0 Å². The van der Waals surface area contributed by atoms with Crippen molar-refractivity contribution in [1.82, 2.24) is 14.8 Å². The van der Waals surface area contributed by atoms with Gasteiger partial charge in [0.05, 0.1) is 10.7 Å². The summed E-state index contributed by atoms with van der Waals surface area (Å²) in [5.41, 5.74) is 1.90. The molecule has 0 spiro atoms. The number of benzene rings is 1. The largest absolute Gasteiger partial charge is 0.487 e. The molecule has 1 amide bonds. The van der Waals surface area contributed by atoms with E-state index in [1.54, 1.807) is 17.4 Å². The molecular weight excluding hydrogens is 358 g/mol. The fourth-order valence-electron chi connectivity index (χ4n) is 3.12. The van der Waals surface area contributed by atoms with Crippen molar-refractivity contribution in [2.45, 2.75) is 26.9 Å². The van der Waals surface area contributed by atoms with Crippen molar-refractivity contribution in [3.8, 4) is 5.75 Å². The molecule has 1 aromatic heterocycles. The van der Waals surface area contributed by atoms with Gasteiger partial charge in [-0.15, -0.1) is 11.3 Å². The summed E-state index contributed by atoms with van der Waals surface area (Å²) in [6.07, 6.45) is 4.57. The number of hydrogen-bond acceptors (Lipinski definition) is 5. The van der Waals surface area contributed by atoms with Gasteiger partial charge in [-0.2, -0.15) is 0 Å². The van der Waals surface area contributed by atoms with Crippen molar-refractivity contribution in [3.05, 3.63) is 52.0 Å². The molecule has 2 aromatic rings. The first-order chi connectivity index (χ1) is 13.1. The highest BCUT2D eigenvalue weighted by Gasteiger charge is 2.16. The number of amides is 1. The van der Waals surface area contributed by atoms with Crippen LogP contribution in [0.1, 0.15) is 29.6 Å². The quantitative estimate of drug-likeness (QED) is 0.713. The topological polar surface area (TPSA) is 45.7 Å². The van der Waals surface area contributed by atoms with E-state index in [-0.39, 0.29) is 5.91 Å². The fourth-order valence-corrected chi connectivity index (χ4v) is 3.72. The highest BCUT2D eigenvalue weighted by molar-refractivity contribution is 7.09. The fraction of sp³-hybridized carbons (Fsp3) is 0.429. The molecule has 1 aliphatic rings. The third-order valence-electron chi connectivity index (χ3n) is 4.68. The van der Waals surface area contributed by atoms with Gasteiger partial charge in [-0.3, -0.25) is 4.79 Å². The van der Waals surface area contributed by atoms with Crippen LogP contribution in [0.15, 0.2) is 35.7 Å². The third-order valence-corrected chi connectivity index (χ3v) is 5.50. The van der Waals surface area contributed by atoms with Gasteiger partial charge in [-0.25, -0.2) is 4.98 Å². The van der Waals surface area contributed by atoms with Gasteiger partial charge in [-0.05, 0) is 50.2 Å². The molecule has 0 bridgehead atoms. The predicted octanol–water partition coefficient (Wildman–Crippen LogP) is 3.60. The van der Waals surface area contributed by atoms with E-state index in [9.17, 15) is 4.79 Å². The number of ether oxygens (including phenoxy) is 1. The van der Waals surface area contributed by atoms with E-state index in [1.807, 2.05) is 47.5 Å². The second-order valence-electron chi connectivity index (χ2n) is 6.67. The van der Waals surface area contributed by atoms with E-state index in [2.05, 4.69) is 16.8 Å². The average Bonchev–Trinajstić information content (AvgIpc) is 2.95. The van der Waals surface area contributed by atoms with Crippen molar-refractivity contribution in [2.75, 3.05) is 32.7 Å². The molecule has 3 rings (SSSR count). The van der Waals surface area contributed by atoms with Gasteiger partial charge in [0.2, 0.25) is 5.91 Å². The van der Waals surface area contributed by atoms with E-state index in [0.29, 0.717) is 6.61 Å². The highest BCUT2D eigenvalue weighted by atomic mass is 32.1. The Morgan fingerprint density at radius 1 is 1.30 bits per heavy atom. The van der Waals surface area contributed by atoms with Gasteiger partial charge >= 0.3 is 0 Å². The first kappa shape index (κ1) is 19.6.